The molecule has 0 aromatic carbocycles. The van der Waals surface area contributed by atoms with E-state index >= 15 is 0 Å². The van der Waals surface area contributed by atoms with Gasteiger partial charge in [0.1, 0.15) is 0 Å². The zero-order valence-electron chi connectivity index (χ0n) is 8.48. The number of ether oxygens (including phenoxy) is 2. The molecule has 7 nitrogen and oxygen atoms in total. The number of nitrogens with two attached hydrogens (primary N) is 1. The molecule has 0 aliphatic rings. The fourth-order valence-electron chi connectivity index (χ4n) is 0.928. The van der Waals surface area contributed by atoms with E-state index in [9.17, 15) is 9.59 Å². The van der Waals surface area contributed by atoms with E-state index in [0.717, 1.165) is 0 Å². The van der Waals surface area contributed by atoms with Crippen LogP contribution >= 0.6 is 22.6 Å². The molecular weight excluding hydrogens is 329 g/mol. The largest absolute Gasteiger partial charge is 0.464 e. The van der Waals surface area contributed by atoms with Crippen molar-refractivity contribution in [3.8, 4) is 0 Å². The molecule has 1 heterocycles. The van der Waals surface area contributed by atoms with E-state index in [1.165, 1.54) is 14.2 Å². The average molecular weight is 337 g/mol. The van der Waals surface area contributed by atoms with Crippen molar-refractivity contribution in [2.75, 3.05) is 20.0 Å². The van der Waals surface area contributed by atoms with Gasteiger partial charge in [-0.1, -0.05) is 0 Å². The Balaban J connectivity index is 3.37. The molecule has 0 bridgehead atoms. The number of nitrogens with zero attached hydrogens (tertiary/aromatic N) is 2. The van der Waals surface area contributed by atoms with Gasteiger partial charge in [0.05, 0.1) is 17.8 Å². The summed E-state index contributed by atoms with van der Waals surface area (Å²) < 4.78 is 9.24. The first-order chi connectivity index (χ1) is 7.51. The van der Waals surface area contributed by atoms with E-state index in [1.54, 1.807) is 22.6 Å². The van der Waals surface area contributed by atoms with Crippen molar-refractivity contribution in [3.05, 3.63) is 15.0 Å². The maximum Gasteiger partial charge on any atom is 0.357 e. The average Bonchev–Trinajstić information content (AvgIpc) is 2.29. The first kappa shape index (κ1) is 12.6. The van der Waals surface area contributed by atoms with Crippen molar-refractivity contribution in [2.45, 2.75) is 0 Å². The smallest absolute Gasteiger partial charge is 0.357 e. The van der Waals surface area contributed by atoms with E-state index in [-0.39, 0.29) is 20.9 Å². The van der Waals surface area contributed by atoms with Crippen molar-refractivity contribution in [1.29, 1.82) is 0 Å². The third kappa shape index (κ3) is 2.38. The molecule has 2 N–H and O–H groups in total. The van der Waals surface area contributed by atoms with E-state index in [4.69, 9.17) is 5.73 Å². The van der Waals surface area contributed by atoms with Gasteiger partial charge in [-0.15, -0.1) is 0 Å². The van der Waals surface area contributed by atoms with Gasteiger partial charge in [0.25, 0.3) is 0 Å². The lowest BCUT2D eigenvalue weighted by Gasteiger charge is -2.06. The second-order valence-electron chi connectivity index (χ2n) is 2.58. The highest BCUT2D eigenvalue weighted by atomic mass is 127. The van der Waals surface area contributed by atoms with Crippen molar-refractivity contribution < 1.29 is 19.1 Å². The van der Waals surface area contributed by atoms with Gasteiger partial charge in [-0.3, -0.25) is 0 Å². The number of carbonyl (C=O) groups excluding carboxylic acids is 2. The van der Waals surface area contributed by atoms with Crippen LogP contribution in [0, 0.1) is 3.57 Å². The van der Waals surface area contributed by atoms with Gasteiger partial charge in [0.15, 0.2) is 11.4 Å². The summed E-state index contributed by atoms with van der Waals surface area (Å²) in [5.74, 6) is -1.58. The van der Waals surface area contributed by atoms with Crippen LogP contribution in [0.4, 0.5) is 5.95 Å². The molecule has 0 unspecified atom stereocenters. The van der Waals surface area contributed by atoms with E-state index in [1.807, 2.05) is 0 Å². The highest BCUT2D eigenvalue weighted by Crippen LogP contribution is 2.17. The topological polar surface area (TPSA) is 104 Å². The molecule has 0 spiro atoms. The van der Waals surface area contributed by atoms with Crippen LogP contribution in [0.5, 0.6) is 0 Å². The van der Waals surface area contributed by atoms with Crippen LogP contribution in [0.25, 0.3) is 0 Å². The number of esters is 2. The number of hydrogen-bond donors (Lipinski definition) is 1. The molecule has 0 saturated carbocycles. The van der Waals surface area contributed by atoms with Crippen LogP contribution in [-0.4, -0.2) is 36.1 Å². The quantitative estimate of drug-likeness (QED) is 0.609. The third-order valence-corrected chi connectivity index (χ3v) is 2.65. The Kier molecular flexibility index (Phi) is 3.99. The summed E-state index contributed by atoms with van der Waals surface area (Å²) in [6.45, 7) is 0. The normalized spacial score (nSPS) is 9.69. The molecule has 0 aliphatic carbocycles. The van der Waals surface area contributed by atoms with Crippen LogP contribution < -0.4 is 5.73 Å². The predicted molar refractivity (Wildman–Crippen MR) is 61.8 cm³/mol. The summed E-state index contributed by atoms with van der Waals surface area (Å²) in [5, 5.41) is 0. The number of methoxy groups -OCH3 is 2. The molecule has 16 heavy (non-hydrogen) atoms. The Bertz CT molecular complexity index is 412. The molecular formula is C8H8IN3O4. The van der Waals surface area contributed by atoms with E-state index in [2.05, 4.69) is 19.4 Å². The molecule has 0 fully saturated rings. The summed E-state index contributed by atoms with van der Waals surface area (Å²) in [5.41, 5.74) is 5.25. The molecule has 0 amide bonds. The van der Waals surface area contributed by atoms with Gasteiger partial charge in [-0.25, -0.2) is 19.6 Å². The lowest BCUT2D eigenvalue weighted by Crippen LogP contribution is -2.17. The van der Waals surface area contributed by atoms with Crippen LogP contribution in [0.1, 0.15) is 21.0 Å². The third-order valence-electron chi connectivity index (χ3n) is 1.63. The van der Waals surface area contributed by atoms with Crippen molar-refractivity contribution in [1.82, 2.24) is 9.97 Å². The Morgan fingerprint density at radius 2 is 1.50 bits per heavy atom. The maximum absolute atomic E-state index is 11.3. The maximum atomic E-state index is 11.3. The first-order valence-electron chi connectivity index (χ1n) is 4.01. The summed E-state index contributed by atoms with van der Waals surface area (Å²) in [4.78, 5) is 30.0. The molecule has 0 radical (unpaired) electrons. The van der Waals surface area contributed by atoms with Crippen LogP contribution in [0.2, 0.25) is 0 Å². The summed E-state index contributed by atoms with van der Waals surface area (Å²) in [7, 11) is 2.41. The standard InChI is InChI=1S/C8H8IN3O4/c1-15-6(13)4-3(9)5(7(14)16-2)12-8(10)11-4/h1-2H3,(H2,10,11,12). The summed E-state index contributed by atoms with van der Waals surface area (Å²) in [6.07, 6.45) is 0. The van der Waals surface area contributed by atoms with Crippen molar-refractivity contribution >= 4 is 40.5 Å². The highest BCUT2D eigenvalue weighted by Gasteiger charge is 2.22. The fraction of sp³-hybridized carbons (Fsp3) is 0.250. The zero-order valence-corrected chi connectivity index (χ0v) is 10.6. The number of rotatable bonds is 2. The molecule has 1 aromatic heterocycles. The minimum Gasteiger partial charge on any atom is -0.464 e. The van der Waals surface area contributed by atoms with Crippen LogP contribution in [0.15, 0.2) is 0 Å². The van der Waals surface area contributed by atoms with Gasteiger partial charge >= 0.3 is 11.9 Å². The van der Waals surface area contributed by atoms with Gasteiger partial charge in [-0.2, -0.15) is 0 Å². The van der Waals surface area contributed by atoms with Gasteiger partial charge in [-0.05, 0) is 22.6 Å². The Labute approximate surface area is 104 Å². The minimum absolute atomic E-state index is 0.0593. The SMILES string of the molecule is COC(=O)c1nc(N)nc(C(=O)OC)c1I. The Morgan fingerprint density at radius 1 is 1.12 bits per heavy atom. The van der Waals surface area contributed by atoms with Crippen molar-refractivity contribution in [3.63, 3.8) is 0 Å². The van der Waals surface area contributed by atoms with Crippen molar-refractivity contribution in [2.24, 2.45) is 0 Å². The number of nitrogen functional groups attached to an aromatic ring is 1. The molecule has 8 heteroatoms. The zero-order chi connectivity index (χ0) is 12.3. The Morgan fingerprint density at radius 3 is 1.81 bits per heavy atom. The first-order valence-corrected chi connectivity index (χ1v) is 5.08. The van der Waals surface area contributed by atoms with Crippen LogP contribution in [0.3, 0.4) is 0 Å². The summed E-state index contributed by atoms with van der Waals surface area (Å²) in [6, 6.07) is 0. The second kappa shape index (κ2) is 5.05. The molecule has 0 atom stereocenters. The monoisotopic (exact) mass is 337 g/mol. The Hall–Kier alpha value is -1.45. The highest BCUT2D eigenvalue weighted by molar-refractivity contribution is 14.1. The number of aromatic nitrogens is 2. The molecule has 0 aliphatic heterocycles. The molecule has 1 aromatic rings. The number of hydrogen-bond acceptors (Lipinski definition) is 7. The van der Waals surface area contributed by atoms with E-state index in [0.29, 0.717) is 0 Å². The number of anilines is 1. The second-order valence-corrected chi connectivity index (χ2v) is 3.65. The lowest BCUT2D eigenvalue weighted by molar-refractivity contribution is 0.0587. The summed E-state index contributed by atoms with van der Waals surface area (Å²) >= 11 is 1.75. The number of carbonyl (C=O) groups is 2. The fourth-order valence-corrected chi connectivity index (χ4v) is 1.61. The predicted octanol–water partition coefficient (Wildman–Crippen LogP) is 0.237. The van der Waals surface area contributed by atoms with E-state index < -0.39 is 11.9 Å². The van der Waals surface area contributed by atoms with Gasteiger partial charge < -0.3 is 15.2 Å². The number of halogens is 1. The van der Waals surface area contributed by atoms with Crippen LogP contribution in [-0.2, 0) is 9.47 Å². The molecule has 0 saturated heterocycles. The minimum atomic E-state index is -0.691. The molecule has 86 valence electrons. The van der Waals surface area contributed by atoms with Gasteiger partial charge in [0, 0.05) is 0 Å². The molecule has 1 rings (SSSR count). The lowest BCUT2D eigenvalue weighted by atomic mass is 10.3. The van der Waals surface area contributed by atoms with Gasteiger partial charge in [0.2, 0.25) is 5.95 Å².